The van der Waals surface area contributed by atoms with Gasteiger partial charge < -0.3 is 10.6 Å². The van der Waals surface area contributed by atoms with Crippen LogP contribution in [0.2, 0.25) is 0 Å². The molecule has 0 aromatic heterocycles. The summed E-state index contributed by atoms with van der Waals surface area (Å²) < 4.78 is 35.2. The lowest BCUT2D eigenvalue weighted by molar-refractivity contribution is 0.00782. The Bertz CT molecular complexity index is 712. The van der Waals surface area contributed by atoms with Crippen LogP contribution in [0.15, 0.2) is 34.4 Å². The van der Waals surface area contributed by atoms with Crippen LogP contribution in [0.3, 0.4) is 0 Å². The van der Waals surface area contributed by atoms with Gasteiger partial charge in [-0.05, 0) is 57.2 Å². The summed E-state index contributed by atoms with van der Waals surface area (Å²) in [6, 6.07) is 6.45. The van der Waals surface area contributed by atoms with Gasteiger partial charge in [-0.25, -0.2) is 4.79 Å². The normalized spacial score (nSPS) is 23.3. The summed E-state index contributed by atoms with van der Waals surface area (Å²) in [6.07, 6.45) is 2.47. The summed E-state index contributed by atoms with van der Waals surface area (Å²) in [5.74, 6) is 0.820. The quantitative estimate of drug-likeness (QED) is 0.488. The van der Waals surface area contributed by atoms with Crippen molar-refractivity contribution in [2.24, 2.45) is 21.9 Å². The van der Waals surface area contributed by atoms with Gasteiger partial charge in [0.1, 0.15) is 0 Å². The first-order valence-corrected chi connectivity index (χ1v) is 9.20. The average molecular weight is 379 g/mol. The van der Waals surface area contributed by atoms with Gasteiger partial charge in [0.15, 0.2) is 5.71 Å². The second-order valence-corrected chi connectivity index (χ2v) is 7.11. The number of hydrogen-bond acceptors (Lipinski definition) is 5. The van der Waals surface area contributed by atoms with Crippen LogP contribution in [0.1, 0.15) is 55.5 Å². The molecule has 5 nitrogen and oxygen atoms in total. The van der Waals surface area contributed by atoms with E-state index in [0.717, 1.165) is 12.0 Å². The lowest BCUT2D eigenvalue weighted by Crippen LogP contribution is -2.45. The highest BCUT2D eigenvalue weighted by Gasteiger charge is 2.47. The molecule has 0 saturated heterocycles. The van der Waals surface area contributed by atoms with E-state index in [1.807, 2.05) is 13.8 Å². The van der Waals surface area contributed by atoms with Crippen LogP contribution < -0.4 is 5.84 Å². The molecule has 148 valence electrons. The predicted molar refractivity (Wildman–Crippen MR) is 103 cm³/mol. The summed E-state index contributed by atoms with van der Waals surface area (Å²) in [5.41, 5.74) is 1.03. The van der Waals surface area contributed by atoms with E-state index in [-0.39, 0.29) is 12.5 Å². The number of hydrazone groups is 1. The molecule has 1 aromatic carbocycles. The molecule has 1 unspecified atom stereocenters. The predicted octanol–water partition coefficient (Wildman–Crippen LogP) is 4.01. The van der Waals surface area contributed by atoms with Gasteiger partial charge in [0.05, 0.1) is 18.4 Å². The van der Waals surface area contributed by atoms with Crippen molar-refractivity contribution in [1.82, 2.24) is 0 Å². The smallest absolute Gasteiger partial charge is 0.337 e. The van der Waals surface area contributed by atoms with Crippen LogP contribution in [0, 0.1) is 5.92 Å². The van der Waals surface area contributed by atoms with Gasteiger partial charge in [0, 0.05) is 12.0 Å². The second-order valence-electron chi connectivity index (χ2n) is 7.11. The van der Waals surface area contributed by atoms with E-state index in [2.05, 4.69) is 14.8 Å². The molecule has 1 fully saturated rings. The fraction of sp³-hybridized carbons (Fsp3) is 0.550. The number of carbonyl (C=O) groups is 1. The topological polar surface area (TPSA) is 77.0 Å². The number of nitrogens with two attached hydrogens (primary N) is 1. The third-order valence-corrected chi connectivity index (χ3v) is 4.72. The second kappa shape index (κ2) is 9.06. The van der Waals surface area contributed by atoms with Crippen molar-refractivity contribution in [3.05, 3.63) is 35.4 Å². The largest absolute Gasteiger partial charge is 0.465 e. The van der Waals surface area contributed by atoms with E-state index < -0.39 is 23.5 Å². The molecule has 7 heteroatoms. The van der Waals surface area contributed by atoms with E-state index in [0.29, 0.717) is 30.5 Å². The molecule has 1 aliphatic rings. The Labute approximate surface area is 158 Å². The number of methoxy groups -OCH3 is 1. The Morgan fingerprint density at radius 3 is 2.52 bits per heavy atom. The average Bonchev–Trinajstić information content (AvgIpc) is 2.62. The van der Waals surface area contributed by atoms with Crippen LogP contribution >= 0.6 is 0 Å². The Morgan fingerprint density at radius 1 is 1.30 bits per heavy atom. The van der Waals surface area contributed by atoms with Gasteiger partial charge in [0.25, 0.3) is 5.92 Å². The van der Waals surface area contributed by atoms with Gasteiger partial charge in [-0.15, -0.1) is 0 Å². The first-order valence-electron chi connectivity index (χ1n) is 9.20. The highest BCUT2D eigenvalue weighted by Crippen LogP contribution is 2.36. The number of hydrogen-bond donors (Lipinski definition) is 1. The van der Waals surface area contributed by atoms with Gasteiger partial charge in [-0.1, -0.05) is 18.6 Å². The lowest BCUT2D eigenvalue weighted by Gasteiger charge is -2.31. The summed E-state index contributed by atoms with van der Waals surface area (Å²) in [7, 11) is 1.30. The number of alkyl halides is 2. The van der Waals surface area contributed by atoms with Crippen LogP contribution in [0.25, 0.3) is 0 Å². The molecule has 1 aliphatic carbocycles. The third kappa shape index (κ3) is 5.11. The molecule has 0 aliphatic heterocycles. The van der Waals surface area contributed by atoms with Gasteiger partial charge >= 0.3 is 5.97 Å². The standard InChI is InChI=1S/C20H27F2N3O2/c1-13(2)24-17-7-5-4-6-16(20(21,22)18(17)25-23)12-14-8-10-15(11-9-14)19(26)27-3/h8-11,13,16H,4-7,12,23H2,1-3H3. The lowest BCUT2D eigenvalue weighted by atomic mass is 9.81. The molecular weight excluding hydrogens is 352 g/mol. The molecule has 1 aromatic rings. The molecule has 0 spiro atoms. The fourth-order valence-electron chi connectivity index (χ4n) is 3.38. The molecule has 0 heterocycles. The Hall–Kier alpha value is -2.31. The number of rotatable bonds is 4. The number of benzene rings is 1. The highest BCUT2D eigenvalue weighted by molar-refractivity contribution is 6.44. The van der Waals surface area contributed by atoms with E-state index >= 15 is 8.78 Å². The number of carbonyl (C=O) groups excluding carboxylic acids is 1. The summed E-state index contributed by atoms with van der Waals surface area (Å²) in [4.78, 5) is 15.9. The number of halogens is 2. The Balaban J connectivity index is 2.28. The van der Waals surface area contributed by atoms with Crippen molar-refractivity contribution in [3.8, 4) is 0 Å². The number of nitrogens with zero attached hydrogens (tertiary/aromatic N) is 2. The van der Waals surface area contributed by atoms with E-state index in [9.17, 15) is 4.79 Å². The van der Waals surface area contributed by atoms with Gasteiger partial charge in [-0.3, -0.25) is 4.99 Å². The first kappa shape index (κ1) is 21.0. The minimum atomic E-state index is -3.16. The maximum Gasteiger partial charge on any atom is 0.337 e. The number of aliphatic imine (C=N–C) groups is 1. The summed E-state index contributed by atoms with van der Waals surface area (Å²) in [5, 5.41) is 3.45. The van der Waals surface area contributed by atoms with E-state index in [1.165, 1.54) is 7.11 Å². The van der Waals surface area contributed by atoms with Crippen molar-refractivity contribution < 1.29 is 18.3 Å². The van der Waals surface area contributed by atoms with Crippen molar-refractivity contribution in [2.45, 2.75) is 57.9 Å². The minimum Gasteiger partial charge on any atom is -0.465 e. The zero-order chi connectivity index (χ0) is 20.0. The molecule has 0 amide bonds. The van der Waals surface area contributed by atoms with Crippen molar-refractivity contribution in [1.29, 1.82) is 0 Å². The molecule has 1 saturated carbocycles. The fourth-order valence-corrected chi connectivity index (χ4v) is 3.38. The third-order valence-electron chi connectivity index (χ3n) is 4.72. The van der Waals surface area contributed by atoms with Crippen molar-refractivity contribution in [2.75, 3.05) is 7.11 Å². The molecule has 1 atom stereocenters. The molecular formula is C20H27F2N3O2. The summed E-state index contributed by atoms with van der Waals surface area (Å²) in [6.45, 7) is 3.69. The number of esters is 1. The zero-order valence-electron chi connectivity index (χ0n) is 16.0. The van der Waals surface area contributed by atoms with Gasteiger partial charge in [-0.2, -0.15) is 13.9 Å². The number of ether oxygens (including phenoxy) is 1. The van der Waals surface area contributed by atoms with Crippen molar-refractivity contribution >= 4 is 17.4 Å². The van der Waals surface area contributed by atoms with Gasteiger partial charge in [0.2, 0.25) is 0 Å². The maximum atomic E-state index is 15.3. The van der Waals surface area contributed by atoms with E-state index in [1.54, 1.807) is 24.3 Å². The Kier molecular flexibility index (Phi) is 7.05. The molecule has 2 rings (SSSR count). The molecule has 0 bridgehead atoms. The summed E-state index contributed by atoms with van der Waals surface area (Å²) >= 11 is 0. The molecule has 0 radical (unpaired) electrons. The first-order chi connectivity index (χ1) is 12.8. The van der Waals surface area contributed by atoms with E-state index in [4.69, 9.17) is 5.84 Å². The van der Waals surface area contributed by atoms with Crippen LogP contribution in [0.5, 0.6) is 0 Å². The SMILES string of the molecule is COC(=O)c1ccc(CC2CCCCC(=NC(C)C)C(=NN)C2(F)F)cc1. The molecule has 2 N–H and O–H groups in total. The van der Waals surface area contributed by atoms with Crippen LogP contribution in [0.4, 0.5) is 8.78 Å². The monoisotopic (exact) mass is 379 g/mol. The maximum absolute atomic E-state index is 15.3. The molecule has 27 heavy (non-hydrogen) atoms. The van der Waals surface area contributed by atoms with Crippen molar-refractivity contribution in [3.63, 3.8) is 0 Å². The minimum absolute atomic E-state index is 0.101. The Morgan fingerprint density at radius 2 is 1.96 bits per heavy atom. The highest BCUT2D eigenvalue weighted by atomic mass is 19.3. The zero-order valence-corrected chi connectivity index (χ0v) is 16.0. The van der Waals surface area contributed by atoms with Crippen LogP contribution in [-0.2, 0) is 11.2 Å². The van der Waals surface area contributed by atoms with Crippen LogP contribution in [-0.4, -0.2) is 36.5 Å².